The van der Waals surface area contributed by atoms with Crippen LogP contribution < -0.4 is 19.3 Å². The Morgan fingerprint density at radius 2 is 1.89 bits per heavy atom. The quantitative estimate of drug-likeness (QED) is 0.169. The van der Waals surface area contributed by atoms with Gasteiger partial charge in [-0.2, -0.15) is 0 Å². The van der Waals surface area contributed by atoms with E-state index in [1.165, 1.54) is 31.4 Å². The van der Waals surface area contributed by atoms with Crippen LogP contribution in [-0.4, -0.2) is 88.9 Å². The number of phenols is 1. The van der Waals surface area contributed by atoms with Gasteiger partial charge in [0.1, 0.15) is 24.6 Å². The van der Waals surface area contributed by atoms with Crippen LogP contribution in [0.3, 0.4) is 0 Å². The van der Waals surface area contributed by atoms with Crippen LogP contribution in [-0.2, 0) is 15.8 Å². The number of fused-ring (bicyclic) bond motifs is 1. The normalized spacial score (nSPS) is 22.1. The highest BCUT2D eigenvalue weighted by Gasteiger charge is 2.44. The number of hydrogen-bond acceptors (Lipinski definition) is 13. The van der Waals surface area contributed by atoms with Crippen molar-refractivity contribution in [3.8, 4) is 23.0 Å². The Labute approximate surface area is 202 Å². The minimum atomic E-state index is -4.96. The summed E-state index contributed by atoms with van der Waals surface area (Å²) in [5.74, 6) is -0.836. The first-order chi connectivity index (χ1) is 17.1. The molecule has 0 bridgehead atoms. The number of imidazole rings is 1. The van der Waals surface area contributed by atoms with E-state index in [1.807, 2.05) is 0 Å². The molecule has 1 fully saturated rings. The second kappa shape index (κ2) is 10.0. The molecule has 0 amide bonds. The SMILES string of the molecule is COc1cc(OP(=O)(O)O)c(OC)c(CNc2ncnc3c2ncn3[C@@H]2O[C@H](CO)[C@@H](O)[C@H]2O)c1O. The zero-order valence-corrected chi connectivity index (χ0v) is 19.8. The van der Waals surface area contributed by atoms with Crippen LogP contribution in [0, 0.1) is 0 Å². The summed E-state index contributed by atoms with van der Waals surface area (Å²) in [5.41, 5.74) is 0.507. The van der Waals surface area contributed by atoms with Gasteiger partial charge >= 0.3 is 7.82 Å². The number of rotatable bonds is 9. The van der Waals surface area contributed by atoms with Gasteiger partial charge in [0.15, 0.2) is 46.2 Å². The summed E-state index contributed by atoms with van der Waals surface area (Å²) in [4.78, 5) is 31.0. The summed E-state index contributed by atoms with van der Waals surface area (Å²) >= 11 is 0. The van der Waals surface area contributed by atoms with Gasteiger partial charge in [-0.15, -0.1) is 0 Å². The molecule has 2 aromatic heterocycles. The Kier molecular flexibility index (Phi) is 7.19. The van der Waals surface area contributed by atoms with Gasteiger partial charge in [0.25, 0.3) is 0 Å². The van der Waals surface area contributed by atoms with Gasteiger partial charge < -0.3 is 44.5 Å². The summed E-state index contributed by atoms with van der Waals surface area (Å²) in [6, 6.07) is 1.07. The van der Waals surface area contributed by atoms with E-state index in [2.05, 4.69) is 24.8 Å². The highest BCUT2D eigenvalue weighted by atomic mass is 31.2. The maximum absolute atomic E-state index is 11.4. The van der Waals surface area contributed by atoms with Gasteiger partial charge in [0, 0.05) is 12.6 Å². The lowest BCUT2D eigenvalue weighted by Gasteiger charge is -2.19. The fourth-order valence-electron chi connectivity index (χ4n) is 3.85. The molecule has 36 heavy (non-hydrogen) atoms. The molecule has 4 atom stereocenters. The molecule has 0 aliphatic carbocycles. The summed E-state index contributed by atoms with van der Waals surface area (Å²) in [6.45, 7) is -0.681. The van der Waals surface area contributed by atoms with E-state index < -0.39 is 39.0 Å². The summed E-state index contributed by atoms with van der Waals surface area (Å²) in [7, 11) is -2.49. The Hall–Kier alpha value is -3.24. The average molecular weight is 529 g/mol. The van der Waals surface area contributed by atoms with Crippen molar-refractivity contribution >= 4 is 24.8 Å². The predicted molar refractivity (Wildman–Crippen MR) is 120 cm³/mol. The Bertz CT molecular complexity index is 1300. The van der Waals surface area contributed by atoms with E-state index in [-0.39, 0.29) is 52.1 Å². The fraction of sp³-hybridized carbons (Fsp3) is 0.421. The highest BCUT2D eigenvalue weighted by molar-refractivity contribution is 7.46. The largest absolute Gasteiger partial charge is 0.524 e. The number of anilines is 1. The zero-order valence-electron chi connectivity index (χ0n) is 18.9. The molecule has 1 saturated heterocycles. The van der Waals surface area contributed by atoms with Crippen LogP contribution >= 0.6 is 7.82 Å². The topological polar surface area (TPSA) is 231 Å². The van der Waals surface area contributed by atoms with Gasteiger partial charge in [-0.05, 0) is 0 Å². The molecule has 0 spiro atoms. The van der Waals surface area contributed by atoms with Gasteiger partial charge in [-0.1, -0.05) is 0 Å². The monoisotopic (exact) mass is 529 g/mol. The number of aromatic hydroxyl groups is 1. The molecule has 0 radical (unpaired) electrons. The molecule has 7 N–H and O–H groups in total. The number of phosphoric acid groups is 1. The van der Waals surface area contributed by atoms with E-state index in [0.29, 0.717) is 0 Å². The number of aliphatic hydroxyl groups excluding tert-OH is 3. The van der Waals surface area contributed by atoms with E-state index in [9.17, 15) is 34.8 Å². The lowest BCUT2D eigenvalue weighted by Crippen LogP contribution is -2.33. The van der Waals surface area contributed by atoms with Gasteiger partial charge in [-0.3, -0.25) is 14.4 Å². The Balaban J connectivity index is 1.67. The third-order valence-electron chi connectivity index (χ3n) is 5.50. The fourth-order valence-corrected chi connectivity index (χ4v) is 4.24. The van der Waals surface area contributed by atoms with E-state index in [0.717, 1.165) is 6.07 Å². The number of phosphoric ester groups is 1. The summed E-state index contributed by atoms with van der Waals surface area (Å²) in [5, 5.41) is 43.3. The molecule has 16 nitrogen and oxygen atoms in total. The molecular formula is C19H24N5O11P. The van der Waals surface area contributed by atoms with Crippen LogP contribution in [0.25, 0.3) is 11.2 Å². The summed E-state index contributed by atoms with van der Waals surface area (Å²) < 4.78 is 33.3. The van der Waals surface area contributed by atoms with Crippen LogP contribution in [0.5, 0.6) is 23.0 Å². The van der Waals surface area contributed by atoms with Crippen molar-refractivity contribution in [2.45, 2.75) is 31.1 Å². The third kappa shape index (κ3) is 4.75. The minimum absolute atomic E-state index is 0.0370. The number of hydrogen-bond donors (Lipinski definition) is 7. The third-order valence-corrected chi connectivity index (χ3v) is 5.94. The van der Waals surface area contributed by atoms with Gasteiger partial charge in [0.2, 0.25) is 0 Å². The van der Waals surface area contributed by atoms with Crippen molar-refractivity contribution in [3.63, 3.8) is 0 Å². The van der Waals surface area contributed by atoms with E-state index in [4.69, 9.17) is 14.2 Å². The van der Waals surface area contributed by atoms with Crippen molar-refractivity contribution < 1.29 is 53.5 Å². The highest BCUT2D eigenvalue weighted by Crippen LogP contribution is 2.49. The number of aliphatic hydroxyl groups is 3. The van der Waals surface area contributed by atoms with Crippen LogP contribution in [0.2, 0.25) is 0 Å². The summed E-state index contributed by atoms with van der Waals surface area (Å²) in [6.07, 6.45) is -2.20. The molecule has 3 aromatic rings. The Morgan fingerprint density at radius 3 is 2.50 bits per heavy atom. The number of aromatic nitrogens is 4. The van der Waals surface area contributed by atoms with E-state index in [1.54, 1.807) is 0 Å². The number of nitrogens with zero attached hydrogens (tertiary/aromatic N) is 4. The molecule has 3 heterocycles. The molecule has 0 saturated carbocycles. The molecule has 1 aromatic carbocycles. The molecule has 1 aliphatic rings. The van der Waals surface area contributed by atoms with Crippen molar-refractivity contribution in [1.29, 1.82) is 0 Å². The first-order valence-electron chi connectivity index (χ1n) is 10.3. The first-order valence-corrected chi connectivity index (χ1v) is 11.9. The standard InChI is InChI=1S/C19H24N5O11P/c1-32-9-3-10(35-36(29,30)31)16(33-2)8(13(9)26)4-20-17-12-18(22-6-21-17)24(7-23-12)19-15(28)14(27)11(5-25)34-19/h3,6-7,11,14-15,19,25-28H,4-5H2,1-2H3,(H,20,21,22)(H2,29,30,31)/t11-,14-,15-,19-/m1/s1. The number of methoxy groups -OCH3 is 2. The number of phenolic OH excluding ortho intramolecular Hbond substituents is 1. The van der Waals surface area contributed by atoms with Crippen molar-refractivity contribution in [3.05, 3.63) is 24.3 Å². The number of benzene rings is 1. The molecule has 0 unspecified atom stereocenters. The molecular weight excluding hydrogens is 505 g/mol. The second-order valence-electron chi connectivity index (χ2n) is 7.65. The number of nitrogens with one attached hydrogen (secondary N) is 1. The smallest absolute Gasteiger partial charge is 0.504 e. The average Bonchev–Trinajstić information content (AvgIpc) is 3.39. The zero-order chi connectivity index (χ0) is 26.2. The van der Waals surface area contributed by atoms with Crippen LogP contribution in [0.15, 0.2) is 18.7 Å². The van der Waals surface area contributed by atoms with Crippen molar-refractivity contribution in [1.82, 2.24) is 19.5 Å². The van der Waals surface area contributed by atoms with E-state index >= 15 is 0 Å². The number of ether oxygens (including phenoxy) is 3. The minimum Gasteiger partial charge on any atom is -0.504 e. The van der Waals surface area contributed by atoms with Crippen LogP contribution in [0.1, 0.15) is 11.8 Å². The van der Waals surface area contributed by atoms with Gasteiger partial charge in [-0.25, -0.2) is 19.5 Å². The van der Waals surface area contributed by atoms with Crippen LogP contribution in [0.4, 0.5) is 5.82 Å². The first kappa shape index (κ1) is 25.8. The lowest BCUT2D eigenvalue weighted by molar-refractivity contribution is -0.0511. The maximum Gasteiger partial charge on any atom is 0.524 e. The van der Waals surface area contributed by atoms with Crippen molar-refractivity contribution in [2.75, 3.05) is 26.1 Å². The van der Waals surface area contributed by atoms with Crippen molar-refractivity contribution in [2.24, 2.45) is 0 Å². The lowest BCUT2D eigenvalue weighted by atomic mass is 10.1. The maximum atomic E-state index is 11.4. The molecule has 17 heteroatoms. The predicted octanol–water partition coefficient (Wildman–Crippen LogP) is -0.756. The molecule has 4 rings (SSSR count). The molecule has 1 aliphatic heterocycles. The Morgan fingerprint density at radius 1 is 1.14 bits per heavy atom. The molecule has 196 valence electrons. The second-order valence-corrected chi connectivity index (χ2v) is 8.81. The van der Waals surface area contributed by atoms with Gasteiger partial charge in [0.05, 0.1) is 32.7 Å².